The van der Waals surface area contributed by atoms with Gasteiger partial charge in [0.1, 0.15) is 6.04 Å². The molecule has 104 valence electrons. The summed E-state index contributed by atoms with van der Waals surface area (Å²) in [5.41, 5.74) is 1.07. The molecule has 1 fully saturated rings. The van der Waals surface area contributed by atoms with Crippen LogP contribution in [0.15, 0.2) is 12.4 Å². The smallest absolute Gasteiger partial charge is 0.245 e. The highest BCUT2D eigenvalue weighted by Crippen LogP contribution is 2.11. The Bertz CT molecular complexity index is 481. The van der Waals surface area contributed by atoms with Gasteiger partial charge in [0.2, 0.25) is 11.8 Å². The van der Waals surface area contributed by atoms with E-state index in [2.05, 4.69) is 10.4 Å². The first-order valence-corrected chi connectivity index (χ1v) is 6.53. The maximum Gasteiger partial charge on any atom is 0.245 e. The molecule has 6 nitrogen and oxygen atoms in total. The van der Waals surface area contributed by atoms with Crippen molar-refractivity contribution in [2.24, 2.45) is 13.0 Å². The number of carbonyl (C=O) groups is 2. The molecule has 1 unspecified atom stereocenters. The Balaban J connectivity index is 1.98. The minimum Gasteiger partial charge on any atom is -0.343 e. The Morgan fingerprint density at radius 1 is 1.47 bits per heavy atom. The van der Waals surface area contributed by atoms with Crippen LogP contribution in [0.2, 0.25) is 0 Å². The molecule has 1 N–H and O–H groups in total. The van der Waals surface area contributed by atoms with E-state index in [9.17, 15) is 9.59 Å². The number of hydrogen-bond donors (Lipinski definition) is 1. The predicted molar refractivity (Wildman–Crippen MR) is 70.3 cm³/mol. The number of rotatable bonds is 4. The fourth-order valence-electron chi connectivity index (χ4n) is 2.23. The highest BCUT2D eigenvalue weighted by molar-refractivity contribution is 5.94. The summed E-state index contributed by atoms with van der Waals surface area (Å²) in [7, 11) is 1.86. The minimum absolute atomic E-state index is 0.0125. The molecule has 6 heteroatoms. The van der Waals surface area contributed by atoms with E-state index < -0.39 is 6.04 Å². The van der Waals surface area contributed by atoms with Crippen molar-refractivity contribution in [1.29, 1.82) is 0 Å². The molecule has 1 saturated heterocycles. The number of nitrogens with one attached hydrogen (secondary N) is 1. The first-order valence-electron chi connectivity index (χ1n) is 6.53. The second kappa shape index (κ2) is 5.42. The normalized spacial score (nSPS) is 20.0. The molecule has 1 atom stereocenters. The minimum atomic E-state index is -0.393. The van der Waals surface area contributed by atoms with Crippen LogP contribution in [0.5, 0.6) is 0 Å². The Kier molecular flexibility index (Phi) is 3.87. The summed E-state index contributed by atoms with van der Waals surface area (Å²) in [5, 5.41) is 6.84. The lowest BCUT2D eigenvalue weighted by Gasteiger charge is -2.34. The Labute approximate surface area is 112 Å². The SMILES string of the molecule is CC(C)C1NC(=O)CN(CCc2cnn(C)c2)C1=O. The number of amides is 2. The summed E-state index contributed by atoms with van der Waals surface area (Å²) < 4.78 is 1.73. The lowest BCUT2D eigenvalue weighted by molar-refractivity contribution is -0.145. The van der Waals surface area contributed by atoms with Gasteiger partial charge < -0.3 is 10.2 Å². The van der Waals surface area contributed by atoms with Crippen LogP contribution in [0.1, 0.15) is 19.4 Å². The van der Waals surface area contributed by atoms with Crippen molar-refractivity contribution in [3.05, 3.63) is 18.0 Å². The van der Waals surface area contributed by atoms with Crippen molar-refractivity contribution in [3.63, 3.8) is 0 Å². The first-order chi connectivity index (χ1) is 8.97. The molecule has 0 aromatic carbocycles. The lowest BCUT2D eigenvalue weighted by Crippen LogP contribution is -2.60. The molecule has 1 aromatic heterocycles. The van der Waals surface area contributed by atoms with Gasteiger partial charge in [-0.2, -0.15) is 5.10 Å². The van der Waals surface area contributed by atoms with Crippen LogP contribution in [0, 0.1) is 5.92 Å². The average molecular weight is 264 g/mol. The number of nitrogens with zero attached hydrogens (tertiary/aromatic N) is 3. The molecule has 2 heterocycles. The van der Waals surface area contributed by atoms with E-state index in [-0.39, 0.29) is 24.3 Å². The molecule has 0 bridgehead atoms. The largest absolute Gasteiger partial charge is 0.343 e. The van der Waals surface area contributed by atoms with Gasteiger partial charge in [-0.15, -0.1) is 0 Å². The highest BCUT2D eigenvalue weighted by atomic mass is 16.2. The molecular formula is C13H20N4O2. The van der Waals surface area contributed by atoms with Gasteiger partial charge in [0.15, 0.2) is 0 Å². The fraction of sp³-hybridized carbons (Fsp3) is 0.615. The fourth-order valence-corrected chi connectivity index (χ4v) is 2.23. The number of hydrogen-bond acceptors (Lipinski definition) is 3. The van der Waals surface area contributed by atoms with Crippen LogP contribution in [0.3, 0.4) is 0 Å². The molecule has 2 amide bonds. The van der Waals surface area contributed by atoms with Crippen molar-refractivity contribution in [1.82, 2.24) is 20.0 Å². The van der Waals surface area contributed by atoms with Crippen LogP contribution < -0.4 is 5.32 Å². The molecule has 1 aliphatic rings. The summed E-state index contributed by atoms with van der Waals surface area (Å²) >= 11 is 0. The second-order valence-electron chi connectivity index (χ2n) is 5.32. The lowest BCUT2D eigenvalue weighted by atomic mass is 10.0. The number of piperazine rings is 1. The van der Waals surface area contributed by atoms with E-state index in [1.165, 1.54) is 0 Å². The van der Waals surface area contributed by atoms with Gasteiger partial charge in [-0.3, -0.25) is 14.3 Å². The third kappa shape index (κ3) is 3.13. The predicted octanol–water partition coefficient (Wildman–Crippen LogP) is -0.0544. The van der Waals surface area contributed by atoms with E-state index in [0.29, 0.717) is 6.54 Å². The first kappa shape index (κ1) is 13.6. The van der Waals surface area contributed by atoms with Gasteiger partial charge in [0.05, 0.1) is 12.7 Å². The van der Waals surface area contributed by atoms with Crippen molar-refractivity contribution < 1.29 is 9.59 Å². The molecular weight excluding hydrogens is 244 g/mol. The quantitative estimate of drug-likeness (QED) is 0.829. The van der Waals surface area contributed by atoms with E-state index in [4.69, 9.17) is 0 Å². The number of aromatic nitrogens is 2. The van der Waals surface area contributed by atoms with Crippen LogP contribution in [-0.4, -0.2) is 45.6 Å². The van der Waals surface area contributed by atoms with Gasteiger partial charge in [-0.25, -0.2) is 0 Å². The maximum absolute atomic E-state index is 12.2. The van der Waals surface area contributed by atoms with Crippen molar-refractivity contribution in [2.75, 3.05) is 13.1 Å². The summed E-state index contributed by atoms with van der Waals surface area (Å²) in [6, 6.07) is -0.393. The van der Waals surface area contributed by atoms with Gasteiger partial charge >= 0.3 is 0 Å². The Morgan fingerprint density at radius 3 is 2.79 bits per heavy atom. The zero-order valence-corrected chi connectivity index (χ0v) is 11.6. The summed E-state index contributed by atoms with van der Waals surface area (Å²) in [4.78, 5) is 25.5. The van der Waals surface area contributed by atoms with Crippen LogP contribution >= 0.6 is 0 Å². The summed E-state index contributed by atoms with van der Waals surface area (Å²) in [5.74, 6) is 0.0422. The van der Waals surface area contributed by atoms with E-state index >= 15 is 0 Å². The third-order valence-electron chi connectivity index (χ3n) is 3.32. The van der Waals surface area contributed by atoms with Crippen molar-refractivity contribution in [3.8, 4) is 0 Å². The van der Waals surface area contributed by atoms with E-state index in [1.807, 2.05) is 27.1 Å². The molecule has 1 aliphatic heterocycles. The molecule has 1 aromatic rings. The van der Waals surface area contributed by atoms with E-state index in [0.717, 1.165) is 12.0 Å². The topological polar surface area (TPSA) is 67.2 Å². The highest BCUT2D eigenvalue weighted by Gasteiger charge is 2.34. The van der Waals surface area contributed by atoms with Crippen molar-refractivity contribution in [2.45, 2.75) is 26.3 Å². The monoisotopic (exact) mass is 264 g/mol. The number of carbonyl (C=O) groups excluding carboxylic acids is 2. The van der Waals surface area contributed by atoms with Crippen LogP contribution in [0.25, 0.3) is 0 Å². The molecule has 0 radical (unpaired) electrons. The molecule has 0 saturated carbocycles. The zero-order chi connectivity index (χ0) is 14.0. The van der Waals surface area contributed by atoms with Gasteiger partial charge in [0.25, 0.3) is 0 Å². The number of aryl methyl sites for hydroxylation is 1. The average Bonchev–Trinajstić information content (AvgIpc) is 2.75. The molecule has 0 spiro atoms. The zero-order valence-electron chi connectivity index (χ0n) is 11.6. The molecule has 2 rings (SSSR count). The summed E-state index contributed by atoms with van der Waals surface area (Å²) in [6.07, 6.45) is 4.43. The summed E-state index contributed by atoms with van der Waals surface area (Å²) in [6.45, 7) is 4.59. The van der Waals surface area contributed by atoms with Gasteiger partial charge in [-0.05, 0) is 17.9 Å². The second-order valence-corrected chi connectivity index (χ2v) is 5.32. The van der Waals surface area contributed by atoms with Crippen LogP contribution in [0.4, 0.5) is 0 Å². The van der Waals surface area contributed by atoms with Gasteiger partial charge in [-0.1, -0.05) is 13.8 Å². The van der Waals surface area contributed by atoms with E-state index in [1.54, 1.807) is 15.8 Å². The third-order valence-corrected chi connectivity index (χ3v) is 3.32. The molecule has 19 heavy (non-hydrogen) atoms. The van der Waals surface area contributed by atoms with Crippen molar-refractivity contribution >= 4 is 11.8 Å². The molecule has 0 aliphatic carbocycles. The Hall–Kier alpha value is -1.85. The standard InChI is InChI=1S/C13H20N4O2/c1-9(2)12-13(19)17(8-11(18)15-12)5-4-10-6-14-16(3)7-10/h6-7,9,12H,4-5,8H2,1-3H3,(H,15,18). The van der Waals surface area contributed by atoms with Gasteiger partial charge in [0, 0.05) is 19.8 Å². The Morgan fingerprint density at radius 2 is 2.21 bits per heavy atom. The van der Waals surface area contributed by atoms with Crippen LogP contribution in [-0.2, 0) is 23.1 Å². The maximum atomic E-state index is 12.2.